The van der Waals surface area contributed by atoms with E-state index in [1.807, 2.05) is 68.6 Å². The molecule has 1 amide bonds. The van der Waals surface area contributed by atoms with Crippen molar-refractivity contribution in [3.8, 4) is 17.2 Å². The van der Waals surface area contributed by atoms with Crippen LogP contribution < -0.4 is 14.2 Å². The number of carbonyl (C=O) groups is 1. The van der Waals surface area contributed by atoms with Gasteiger partial charge in [0.15, 0.2) is 0 Å². The van der Waals surface area contributed by atoms with Crippen molar-refractivity contribution >= 4 is 21.6 Å². The number of carbonyl (C=O) groups excluding carboxylic acids is 1. The summed E-state index contributed by atoms with van der Waals surface area (Å²) in [5, 5.41) is 9.95. The zero-order valence-electron chi connectivity index (χ0n) is 26.7. The fourth-order valence-electron chi connectivity index (χ4n) is 5.51. The van der Waals surface area contributed by atoms with Crippen LogP contribution in [-0.4, -0.2) is 68.1 Å². The number of nitrogens with one attached hydrogen (secondary N) is 1. The van der Waals surface area contributed by atoms with E-state index in [4.69, 9.17) is 9.47 Å². The second-order valence-electron chi connectivity index (χ2n) is 12.0. The molecule has 1 aliphatic rings. The maximum atomic E-state index is 13.6. The highest BCUT2D eigenvalue weighted by atomic mass is 32.2. The number of aliphatic hydroxyl groups excluding tert-OH is 1. The van der Waals surface area contributed by atoms with Crippen LogP contribution in [0.25, 0.3) is 0 Å². The number of benzene rings is 4. The lowest BCUT2D eigenvalue weighted by Gasteiger charge is -2.34. The van der Waals surface area contributed by atoms with Gasteiger partial charge in [0.2, 0.25) is 5.91 Å². The van der Waals surface area contributed by atoms with Gasteiger partial charge in [0.05, 0.1) is 24.0 Å². The first-order valence-corrected chi connectivity index (χ1v) is 17.0. The molecule has 0 aromatic heterocycles. The molecule has 248 valence electrons. The number of hydrogen-bond donors (Lipinski definition) is 2. The minimum absolute atomic E-state index is 0.0432. The van der Waals surface area contributed by atoms with E-state index in [-0.39, 0.29) is 41.5 Å². The molecule has 0 radical (unpaired) electrons. The first kappa shape index (κ1) is 33.9. The predicted octanol–water partition coefficient (Wildman–Crippen LogP) is 5.70. The summed E-state index contributed by atoms with van der Waals surface area (Å²) in [5.41, 5.74) is 1.85. The third-order valence-corrected chi connectivity index (χ3v) is 9.54. The van der Waals surface area contributed by atoms with E-state index in [9.17, 15) is 22.7 Å². The fourth-order valence-corrected chi connectivity index (χ4v) is 6.56. The van der Waals surface area contributed by atoms with Gasteiger partial charge in [-0.15, -0.1) is 0 Å². The monoisotopic (exact) mass is 661 g/mol. The molecule has 9 nitrogen and oxygen atoms in total. The molecule has 47 heavy (non-hydrogen) atoms. The number of likely N-dealkylation sites (N-methyl/N-ethyl adjacent to an activating group) is 1. The van der Waals surface area contributed by atoms with Gasteiger partial charge in [-0.05, 0) is 86.3 Å². The normalized spacial score (nSPS) is 17.6. The lowest BCUT2D eigenvalue weighted by atomic mass is 10.0. The van der Waals surface area contributed by atoms with E-state index >= 15 is 0 Å². The molecule has 3 atom stereocenters. The van der Waals surface area contributed by atoms with Gasteiger partial charge in [0.25, 0.3) is 10.0 Å². The number of ether oxygens (including phenoxy) is 2. The van der Waals surface area contributed by atoms with E-state index in [0.29, 0.717) is 30.9 Å². The number of para-hydroxylation sites is 1. The summed E-state index contributed by atoms with van der Waals surface area (Å²) in [6.45, 7) is 5.18. The smallest absolute Gasteiger partial charge is 0.261 e. The van der Waals surface area contributed by atoms with E-state index in [2.05, 4.69) is 9.62 Å². The van der Waals surface area contributed by atoms with Gasteiger partial charge in [0, 0.05) is 36.8 Å². The molecule has 1 aliphatic heterocycles. The van der Waals surface area contributed by atoms with E-state index in [1.165, 1.54) is 12.1 Å². The summed E-state index contributed by atoms with van der Waals surface area (Å²) in [5.74, 6) is 1.15. The van der Waals surface area contributed by atoms with Crippen LogP contribution in [0, 0.1) is 11.7 Å². The number of aliphatic hydroxyl groups is 1. The van der Waals surface area contributed by atoms with Crippen molar-refractivity contribution in [1.82, 2.24) is 9.80 Å². The Balaban J connectivity index is 1.34. The number of halogens is 1. The average molecular weight is 662 g/mol. The molecule has 0 spiro atoms. The molecular weight excluding hydrogens is 621 g/mol. The van der Waals surface area contributed by atoms with E-state index in [0.717, 1.165) is 29.2 Å². The number of fused-ring (bicyclic) bond motifs is 1. The Morgan fingerprint density at radius 2 is 1.70 bits per heavy atom. The van der Waals surface area contributed by atoms with Crippen LogP contribution in [0.4, 0.5) is 10.1 Å². The lowest BCUT2D eigenvalue weighted by Crippen LogP contribution is -2.47. The van der Waals surface area contributed by atoms with E-state index in [1.54, 1.807) is 30.0 Å². The number of hydrogen-bond acceptors (Lipinski definition) is 7. The summed E-state index contributed by atoms with van der Waals surface area (Å²) >= 11 is 0. The molecule has 0 aliphatic carbocycles. The van der Waals surface area contributed by atoms with Crippen LogP contribution in [0.2, 0.25) is 0 Å². The molecule has 0 saturated carbocycles. The van der Waals surface area contributed by atoms with Gasteiger partial charge >= 0.3 is 0 Å². The van der Waals surface area contributed by atoms with Gasteiger partial charge in [-0.3, -0.25) is 14.4 Å². The Hall–Kier alpha value is -4.45. The van der Waals surface area contributed by atoms with Crippen molar-refractivity contribution in [3.05, 3.63) is 114 Å². The largest absolute Gasteiger partial charge is 0.488 e. The maximum absolute atomic E-state index is 13.6. The van der Waals surface area contributed by atoms with Gasteiger partial charge in [0.1, 0.15) is 29.2 Å². The average Bonchev–Trinajstić information content (AvgIpc) is 3.09. The summed E-state index contributed by atoms with van der Waals surface area (Å²) in [6.07, 6.45) is -0.376. The van der Waals surface area contributed by atoms with Gasteiger partial charge < -0.3 is 19.5 Å². The van der Waals surface area contributed by atoms with Crippen molar-refractivity contribution in [2.24, 2.45) is 5.92 Å². The molecule has 11 heteroatoms. The number of amides is 1. The second kappa shape index (κ2) is 15.0. The Morgan fingerprint density at radius 3 is 2.38 bits per heavy atom. The molecule has 2 N–H and O–H groups in total. The summed E-state index contributed by atoms with van der Waals surface area (Å²) in [4.78, 5) is 17.3. The highest BCUT2D eigenvalue weighted by molar-refractivity contribution is 7.92. The van der Waals surface area contributed by atoms with Crippen LogP contribution in [0.5, 0.6) is 17.2 Å². The van der Waals surface area contributed by atoms with Gasteiger partial charge in [-0.2, -0.15) is 0 Å². The van der Waals surface area contributed by atoms with Gasteiger partial charge in [-0.25, -0.2) is 12.8 Å². The molecule has 4 aromatic rings. The quantitative estimate of drug-likeness (QED) is 0.212. The van der Waals surface area contributed by atoms with Crippen molar-refractivity contribution in [2.75, 3.05) is 31.5 Å². The first-order chi connectivity index (χ1) is 22.5. The van der Waals surface area contributed by atoms with Crippen LogP contribution in [0.3, 0.4) is 0 Å². The van der Waals surface area contributed by atoms with Crippen molar-refractivity contribution in [1.29, 1.82) is 0 Å². The highest BCUT2D eigenvalue weighted by Gasteiger charge is 2.31. The SMILES string of the molecule is C[C@@H]1CN([C@H](C)CO)C(=O)Cc2cc(NS(=O)(=O)c3ccc(F)cc3)ccc2O[C@@H]1CN(C)Cc1ccc(Oc2ccccc2)cc1. The van der Waals surface area contributed by atoms with Crippen LogP contribution in [0.15, 0.2) is 102 Å². The fraction of sp³-hybridized carbons (Fsp3) is 0.306. The topological polar surface area (TPSA) is 108 Å². The Labute approximate surface area is 275 Å². The summed E-state index contributed by atoms with van der Waals surface area (Å²) in [6, 6.07) is 26.5. The van der Waals surface area contributed by atoms with Crippen LogP contribution in [-0.2, 0) is 27.8 Å². The number of nitrogens with zero attached hydrogens (tertiary/aromatic N) is 2. The third kappa shape index (κ3) is 8.88. The Bertz CT molecular complexity index is 1750. The lowest BCUT2D eigenvalue weighted by molar-refractivity contribution is -0.134. The van der Waals surface area contributed by atoms with Gasteiger partial charge in [-0.1, -0.05) is 37.3 Å². The van der Waals surface area contributed by atoms with Crippen LogP contribution in [0.1, 0.15) is 25.0 Å². The first-order valence-electron chi connectivity index (χ1n) is 15.5. The van der Waals surface area contributed by atoms with Crippen molar-refractivity contribution in [3.63, 3.8) is 0 Å². The number of sulfonamides is 1. The molecule has 0 saturated heterocycles. The standard InChI is InChI=1S/C36H40FN3O6S/c1-25-21-40(26(2)24-41)36(42)20-28-19-30(38-47(43,44)33-16-11-29(37)12-17-33)13-18-34(28)46-35(25)23-39(3)22-27-9-14-32(15-10-27)45-31-7-5-4-6-8-31/h4-19,25-26,35,38,41H,20-24H2,1-3H3/t25-,26-,35-/m1/s1. The molecule has 0 bridgehead atoms. The molecule has 5 rings (SSSR count). The Morgan fingerprint density at radius 1 is 1.02 bits per heavy atom. The molecule has 0 fully saturated rings. The van der Waals surface area contributed by atoms with E-state index < -0.39 is 21.9 Å². The van der Waals surface area contributed by atoms with Crippen molar-refractivity contribution in [2.45, 2.75) is 43.9 Å². The maximum Gasteiger partial charge on any atom is 0.261 e. The Kier molecular flexibility index (Phi) is 10.8. The molecule has 4 aromatic carbocycles. The minimum Gasteiger partial charge on any atom is -0.488 e. The number of rotatable bonds is 11. The van der Waals surface area contributed by atoms with Crippen molar-refractivity contribution < 1.29 is 32.2 Å². The summed E-state index contributed by atoms with van der Waals surface area (Å²) < 4.78 is 54.4. The predicted molar refractivity (Wildman–Crippen MR) is 178 cm³/mol. The zero-order chi connectivity index (χ0) is 33.6. The third-order valence-electron chi connectivity index (χ3n) is 8.14. The molecular formula is C36H40FN3O6S. The zero-order valence-corrected chi connectivity index (χ0v) is 27.5. The number of anilines is 1. The second-order valence-corrected chi connectivity index (χ2v) is 13.7. The highest BCUT2D eigenvalue weighted by Crippen LogP contribution is 2.30. The molecule has 0 unspecified atom stereocenters. The van der Waals surface area contributed by atoms with Crippen LogP contribution >= 0.6 is 0 Å². The molecule has 1 heterocycles. The summed E-state index contributed by atoms with van der Waals surface area (Å²) in [7, 11) is -2.00. The minimum atomic E-state index is -4.01.